The predicted molar refractivity (Wildman–Crippen MR) is 145 cm³/mol. The molecule has 0 aromatic heterocycles. The summed E-state index contributed by atoms with van der Waals surface area (Å²) >= 11 is 0. The summed E-state index contributed by atoms with van der Waals surface area (Å²) in [4.78, 5) is 25.6. The molecule has 3 rings (SSSR count). The Bertz CT molecular complexity index is 979. The molecule has 0 aliphatic carbocycles. The van der Waals surface area contributed by atoms with E-state index in [1.54, 1.807) is 0 Å². The first-order valence-corrected chi connectivity index (χ1v) is 13.2. The van der Waals surface area contributed by atoms with Crippen LogP contribution in [0.3, 0.4) is 0 Å². The Morgan fingerprint density at radius 3 is 2.38 bits per heavy atom. The molecular formula is C30H40N2O5. The van der Waals surface area contributed by atoms with Crippen LogP contribution in [0.1, 0.15) is 68.5 Å². The monoisotopic (exact) mass is 508 g/mol. The number of anilines is 1. The van der Waals surface area contributed by atoms with E-state index in [0.717, 1.165) is 62.0 Å². The highest BCUT2D eigenvalue weighted by Crippen LogP contribution is 2.38. The summed E-state index contributed by atoms with van der Waals surface area (Å²) in [5.74, 6) is -0.157. The molecule has 2 N–H and O–H groups in total. The lowest BCUT2D eigenvalue weighted by Crippen LogP contribution is -2.37. The lowest BCUT2D eigenvalue weighted by atomic mass is 10.0. The van der Waals surface area contributed by atoms with E-state index in [2.05, 4.69) is 36.0 Å². The molecule has 1 saturated heterocycles. The van der Waals surface area contributed by atoms with Gasteiger partial charge in [0.15, 0.2) is 12.1 Å². The van der Waals surface area contributed by atoms with Crippen molar-refractivity contribution in [1.82, 2.24) is 4.90 Å². The Morgan fingerprint density at radius 1 is 1.00 bits per heavy atom. The van der Waals surface area contributed by atoms with Crippen LogP contribution in [-0.2, 0) is 19.1 Å². The number of carbonyl (C=O) groups excluding carboxylic acids is 2. The van der Waals surface area contributed by atoms with E-state index in [1.807, 2.05) is 48.5 Å². The minimum Gasteiger partial charge on any atom is -0.389 e. The lowest BCUT2D eigenvalue weighted by Gasteiger charge is -2.37. The summed E-state index contributed by atoms with van der Waals surface area (Å²) in [6.45, 7) is 5.01. The van der Waals surface area contributed by atoms with E-state index >= 15 is 0 Å². The van der Waals surface area contributed by atoms with Gasteiger partial charge in [-0.2, -0.15) is 0 Å². The highest BCUT2D eigenvalue weighted by molar-refractivity contribution is 5.90. The number of carbonyl (C=O) groups is 2. The summed E-state index contributed by atoms with van der Waals surface area (Å²) < 4.78 is 12.7. The number of hydrogen-bond acceptors (Lipinski definition) is 6. The van der Waals surface area contributed by atoms with Crippen LogP contribution in [0.15, 0.2) is 67.3 Å². The van der Waals surface area contributed by atoms with E-state index in [-0.39, 0.29) is 30.5 Å². The third-order valence-electron chi connectivity index (χ3n) is 6.46. The quantitative estimate of drug-likeness (QED) is 0.254. The smallest absolute Gasteiger partial charge is 0.224 e. The molecule has 0 spiro atoms. The van der Waals surface area contributed by atoms with Crippen LogP contribution in [0.5, 0.6) is 0 Å². The Kier molecular flexibility index (Phi) is 12.0. The molecule has 3 atom stereocenters. The number of benzene rings is 2. The number of aliphatic hydroxyl groups excluding tert-OH is 1. The van der Waals surface area contributed by atoms with Crippen LogP contribution >= 0.6 is 0 Å². The zero-order valence-electron chi connectivity index (χ0n) is 21.8. The van der Waals surface area contributed by atoms with Crippen molar-refractivity contribution in [2.75, 3.05) is 32.1 Å². The number of likely N-dealkylation sites (N-methyl/N-ethyl adjacent to an activating group) is 1. The van der Waals surface area contributed by atoms with Gasteiger partial charge < -0.3 is 24.8 Å². The number of rotatable bonds is 15. The number of aliphatic hydroxyl groups is 1. The van der Waals surface area contributed by atoms with Gasteiger partial charge in [0.05, 0.1) is 12.2 Å². The molecule has 3 unspecified atom stereocenters. The van der Waals surface area contributed by atoms with Crippen molar-refractivity contribution in [3.8, 4) is 0 Å². The van der Waals surface area contributed by atoms with Crippen molar-refractivity contribution < 1.29 is 24.2 Å². The largest absolute Gasteiger partial charge is 0.389 e. The van der Waals surface area contributed by atoms with Gasteiger partial charge in [0, 0.05) is 43.6 Å². The average Bonchev–Trinajstić information content (AvgIpc) is 2.91. The van der Waals surface area contributed by atoms with Crippen molar-refractivity contribution in [3.05, 3.63) is 78.4 Å². The number of ether oxygens (including phenoxy) is 2. The number of nitrogens with zero attached hydrogens (tertiary/aromatic N) is 1. The Morgan fingerprint density at radius 2 is 1.70 bits per heavy atom. The fourth-order valence-corrected chi connectivity index (χ4v) is 4.49. The second-order valence-electron chi connectivity index (χ2n) is 9.65. The van der Waals surface area contributed by atoms with Crippen molar-refractivity contribution >= 4 is 17.4 Å². The molecule has 200 valence electrons. The Labute approximate surface area is 220 Å². The number of amides is 1. The number of unbranched alkanes of at least 4 members (excludes halogenated alkanes) is 3. The van der Waals surface area contributed by atoms with Crippen LogP contribution in [0.2, 0.25) is 0 Å². The van der Waals surface area contributed by atoms with Gasteiger partial charge in [-0.1, -0.05) is 61.4 Å². The first kappa shape index (κ1) is 28.7. The van der Waals surface area contributed by atoms with E-state index < -0.39 is 6.29 Å². The van der Waals surface area contributed by atoms with Crippen LogP contribution < -0.4 is 5.32 Å². The first-order chi connectivity index (χ1) is 18.0. The van der Waals surface area contributed by atoms with Crippen molar-refractivity contribution in [1.29, 1.82) is 0 Å². The van der Waals surface area contributed by atoms with Gasteiger partial charge in [-0.05, 0) is 37.6 Å². The second kappa shape index (κ2) is 15.4. The van der Waals surface area contributed by atoms with Crippen LogP contribution in [0.25, 0.3) is 0 Å². The molecule has 2 aromatic rings. The van der Waals surface area contributed by atoms with Crippen molar-refractivity contribution in [2.45, 2.75) is 63.4 Å². The molecule has 37 heavy (non-hydrogen) atoms. The van der Waals surface area contributed by atoms with Crippen molar-refractivity contribution in [3.63, 3.8) is 0 Å². The number of hydrogen-bond donors (Lipinski definition) is 2. The fraction of sp³-hybridized carbons (Fsp3) is 0.467. The molecule has 7 nitrogen and oxygen atoms in total. The maximum Gasteiger partial charge on any atom is 0.224 e. The maximum atomic E-state index is 12.3. The molecule has 0 bridgehead atoms. The molecule has 0 radical (unpaired) electrons. The van der Waals surface area contributed by atoms with E-state index in [4.69, 9.17) is 14.6 Å². The maximum absolute atomic E-state index is 12.3. The lowest BCUT2D eigenvalue weighted by molar-refractivity contribution is -0.252. The summed E-state index contributed by atoms with van der Waals surface area (Å²) in [5, 5.41) is 11.7. The highest BCUT2D eigenvalue weighted by Gasteiger charge is 2.32. The number of nitrogens with one attached hydrogen (secondary N) is 1. The molecule has 1 amide bonds. The second-order valence-corrected chi connectivity index (χ2v) is 9.65. The van der Waals surface area contributed by atoms with Gasteiger partial charge in [-0.3, -0.25) is 9.59 Å². The Balaban J connectivity index is 1.53. The average molecular weight is 509 g/mol. The molecule has 1 heterocycles. The standard InChI is InChI=1S/C30H40N2O5/c1-3-19-32(2)21-27-20-28(23-11-7-6-8-12-23)37-30(36-27)24-15-17-25(18-16-24)31-29(35)14-10-5-4-9-13-26(34)22-33/h3,6-8,11-12,15-18,27-28,30,33H,1,4-5,9-10,13-14,19-22H2,2H3,(H,31,35). The molecule has 2 aromatic carbocycles. The van der Waals surface area contributed by atoms with Gasteiger partial charge in [0.2, 0.25) is 5.91 Å². The van der Waals surface area contributed by atoms with E-state index in [9.17, 15) is 9.59 Å². The normalized spacial score (nSPS) is 19.5. The summed E-state index contributed by atoms with van der Waals surface area (Å²) in [7, 11) is 2.06. The topological polar surface area (TPSA) is 88.1 Å². The molecule has 1 aliphatic rings. The van der Waals surface area contributed by atoms with Crippen LogP contribution in [0, 0.1) is 0 Å². The van der Waals surface area contributed by atoms with Crippen molar-refractivity contribution in [2.24, 2.45) is 0 Å². The zero-order chi connectivity index (χ0) is 26.5. The summed E-state index contributed by atoms with van der Waals surface area (Å²) in [6, 6.07) is 17.9. The summed E-state index contributed by atoms with van der Waals surface area (Å²) in [5.41, 5.74) is 2.78. The van der Waals surface area contributed by atoms with Crippen LogP contribution in [0.4, 0.5) is 5.69 Å². The summed E-state index contributed by atoms with van der Waals surface area (Å²) in [6.07, 6.45) is 6.23. The van der Waals surface area contributed by atoms with Gasteiger partial charge in [-0.15, -0.1) is 6.58 Å². The minimum atomic E-state index is -0.497. The van der Waals surface area contributed by atoms with Crippen LogP contribution in [-0.4, -0.2) is 54.5 Å². The minimum absolute atomic E-state index is 0.00930. The molecular weight excluding hydrogens is 468 g/mol. The molecule has 1 aliphatic heterocycles. The van der Waals surface area contributed by atoms with Gasteiger partial charge in [-0.25, -0.2) is 0 Å². The molecule has 0 saturated carbocycles. The Hall–Kier alpha value is -2.84. The predicted octanol–water partition coefficient (Wildman–Crippen LogP) is 5.19. The van der Waals surface area contributed by atoms with Gasteiger partial charge in [0.25, 0.3) is 0 Å². The first-order valence-electron chi connectivity index (χ1n) is 13.2. The molecule has 7 heteroatoms. The zero-order valence-corrected chi connectivity index (χ0v) is 21.8. The highest BCUT2D eigenvalue weighted by atomic mass is 16.7. The third kappa shape index (κ3) is 9.85. The third-order valence-corrected chi connectivity index (χ3v) is 6.46. The SMILES string of the molecule is C=CCN(C)CC1CC(c2ccccc2)OC(c2ccc(NC(=O)CCCCCCC(=O)CO)cc2)O1. The number of Topliss-reactive ketones (excluding diaryl/α,β-unsaturated/α-hetero) is 1. The van der Waals surface area contributed by atoms with Gasteiger partial charge >= 0.3 is 0 Å². The fourth-order valence-electron chi connectivity index (χ4n) is 4.49. The number of ketones is 1. The van der Waals surface area contributed by atoms with Gasteiger partial charge in [0.1, 0.15) is 6.61 Å². The molecule has 1 fully saturated rings. The van der Waals surface area contributed by atoms with E-state index in [0.29, 0.717) is 12.8 Å². The van der Waals surface area contributed by atoms with E-state index in [1.165, 1.54) is 0 Å².